The molecule has 0 spiro atoms. The molecule has 1 aliphatic rings. The molecule has 0 unspecified atom stereocenters. The van der Waals surface area contributed by atoms with Gasteiger partial charge in [-0.15, -0.1) is 11.3 Å². The Kier molecular flexibility index (Phi) is 10.00. The number of benzene rings is 1. The molecule has 1 heteroatoms. The molecule has 0 radical (unpaired) electrons. The van der Waals surface area contributed by atoms with E-state index >= 15 is 0 Å². The number of aryl methyl sites for hydroxylation is 2. The first kappa shape index (κ1) is 24.4. The van der Waals surface area contributed by atoms with Gasteiger partial charge in [-0.1, -0.05) is 93.3 Å². The van der Waals surface area contributed by atoms with Crippen LogP contribution in [0, 0.1) is 13.8 Å². The molecule has 0 bridgehead atoms. The summed E-state index contributed by atoms with van der Waals surface area (Å²) >= 11 is 1.80. The first-order valence-electron chi connectivity index (χ1n) is 11.0. The van der Waals surface area contributed by atoms with E-state index in [4.69, 9.17) is 0 Å². The van der Waals surface area contributed by atoms with Crippen LogP contribution < -0.4 is 0 Å². The van der Waals surface area contributed by atoms with E-state index in [2.05, 4.69) is 93.8 Å². The second kappa shape index (κ2) is 12.7. The predicted octanol–water partition coefficient (Wildman–Crippen LogP) is 9.52. The lowest BCUT2D eigenvalue weighted by Crippen LogP contribution is -1.94. The lowest BCUT2D eigenvalue weighted by molar-refractivity contribution is 0.978. The maximum absolute atomic E-state index is 3.84. The van der Waals surface area contributed by atoms with Gasteiger partial charge in [-0.3, -0.25) is 0 Å². The molecule has 0 saturated heterocycles. The van der Waals surface area contributed by atoms with Crippen LogP contribution in [0.25, 0.3) is 18.2 Å². The van der Waals surface area contributed by atoms with E-state index in [1.165, 1.54) is 37.6 Å². The molecule has 0 fully saturated rings. The lowest BCUT2D eigenvalue weighted by Gasteiger charge is -2.14. The standard InChI is InChI=1S/C28H28S.C2H6/c1-5-9-23(6-2)13-15-27-16-17-28(29-27)20-26-11-8-7-10-25(26)19-24-14-12-21(3)18-22(24)4;1-2/h5-6,8-9,11-20H,1-2,7,10H2,3-4H3;1-2H3/b15-13+,23-9+,25-19-,26-20+;. The van der Waals surface area contributed by atoms with Crippen LogP contribution >= 0.6 is 11.3 Å². The van der Waals surface area contributed by atoms with Crippen molar-refractivity contribution in [2.24, 2.45) is 0 Å². The van der Waals surface area contributed by atoms with Crippen LogP contribution in [0.5, 0.6) is 0 Å². The highest BCUT2D eigenvalue weighted by atomic mass is 32.1. The van der Waals surface area contributed by atoms with Crippen molar-refractivity contribution in [1.29, 1.82) is 0 Å². The summed E-state index contributed by atoms with van der Waals surface area (Å²) in [5.41, 5.74) is 7.74. The highest BCUT2D eigenvalue weighted by Crippen LogP contribution is 2.30. The van der Waals surface area contributed by atoms with Crippen LogP contribution in [0.2, 0.25) is 0 Å². The second-order valence-electron chi connectivity index (χ2n) is 7.25. The highest BCUT2D eigenvalue weighted by molar-refractivity contribution is 7.13. The van der Waals surface area contributed by atoms with Gasteiger partial charge in [0.1, 0.15) is 0 Å². The minimum absolute atomic E-state index is 1.06. The van der Waals surface area contributed by atoms with E-state index < -0.39 is 0 Å². The molecule has 0 aliphatic heterocycles. The van der Waals surface area contributed by atoms with E-state index in [1.54, 1.807) is 17.4 Å². The maximum atomic E-state index is 3.84. The third-order valence-corrected chi connectivity index (χ3v) is 5.93. The van der Waals surface area contributed by atoms with Crippen molar-refractivity contribution in [3.63, 3.8) is 0 Å². The van der Waals surface area contributed by atoms with Crippen molar-refractivity contribution in [2.75, 3.05) is 0 Å². The van der Waals surface area contributed by atoms with Gasteiger partial charge in [0.2, 0.25) is 0 Å². The van der Waals surface area contributed by atoms with Crippen LogP contribution in [0.15, 0.2) is 96.7 Å². The number of hydrogen-bond donors (Lipinski definition) is 0. The molecule has 3 rings (SSSR count). The molecule has 1 heterocycles. The van der Waals surface area contributed by atoms with Crippen molar-refractivity contribution in [3.05, 3.63) is 123 Å². The Morgan fingerprint density at radius 1 is 1.00 bits per heavy atom. The summed E-state index contributed by atoms with van der Waals surface area (Å²) in [6.45, 7) is 15.9. The fourth-order valence-corrected chi connectivity index (χ4v) is 4.23. The topological polar surface area (TPSA) is 0 Å². The van der Waals surface area contributed by atoms with Crippen molar-refractivity contribution in [3.8, 4) is 0 Å². The summed E-state index contributed by atoms with van der Waals surface area (Å²) in [6.07, 6.45) is 21.2. The summed E-state index contributed by atoms with van der Waals surface area (Å²) in [6, 6.07) is 11.0. The first-order chi connectivity index (χ1) is 15.1. The van der Waals surface area contributed by atoms with E-state index in [9.17, 15) is 0 Å². The van der Waals surface area contributed by atoms with Crippen LogP contribution in [-0.4, -0.2) is 0 Å². The number of rotatable bonds is 6. The average Bonchev–Trinajstić information content (AvgIpc) is 3.23. The third-order valence-electron chi connectivity index (χ3n) is 4.93. The van der Waals surface area contributed by atoms with Crippen LogP contribution in [0.3, 0.4) is 0 Å². The monoisotopic (exact) mass is 426 g/mol. The quantitative estimate of drug-likeness (QED) is 0.403. The predicted molar refractivity (Wildman–Crippen MR) is 143 cm³/mol. The van der Waals surface area contributed by atoms with Crippen molar-refractivity contribution >= 4 is 29.6 Å². The number of thiophene rings is 1. The molecule has 2 aromatic rings. The Hall–Kier alpha value is -2.90. The highest BCUT2D eigenvalue weighted by Gasteiger charge is 2.09. The van der Waals surface area contributed by atoms with Crippen LogP contribution in [0.1, 0.15) is 53.1 Å². The molecule has 1 aromatic heterocycles. The molecule has 0 nitrogen and oxygen atoms in total. The Morgan fingerprint density at radius 3 is 2.48 bits per heavy atom. The van der Waals surface area contributed by atoms with E-state index in [-0.39, 0.29) is 0 Å². The molecule has 0 atom stereocenters. The normalized spacial score (nSPS) is 16.5. The molecule has 160 valence electrons. The fourth-order valence-electron chi connectivity index (χ4n) is 3.37. The third kappa shape index (κ3) is 7.38. The summed E-state index contributed by atoms with van der Waals surface area (Å²) in [5.74, 6) is 0. The van der Waals surface area contributed by atoms with Gasteiger partial charge in [0.25, 0.3) is 0 Å². The lowest BCUT2D eigenvalue weighted by atomic mass is 9.92. The van der Waals surface area contributed by atoms with E-state index in [0.29, 0.717) is 0 Å². The number of hydrogen-bond acceptors (Lipinski definition) is 1. The van der Waals surface area contributed by atoms with Gasteiger partial charge in [-0.25, -0.2) is 0 Å². The molecule has 31 heavy (non-hydrogen) atoms. The summed E-state index contributed by atoms with van der Waals surface area (Å²) in [4.78, 5) is 2.50. The van der Waals surface area contributed by atoms with Gasteiger partial charge in [-0.05, 0) is 78.8 Å². The van der Waals surface area contributed by atoms with Gasteiger partial charge in [0.15, 0.2) is 0 Å². The SMILES string of the molecule is C=C/C=C(C=C)/C=C/c1ccc(/C=C2\C=CCC\C2=C\c2ccc(C)cc2C)s1.CC. The van der Waals surface area contributed by atoms with Gasteiger partial charge >= 0.3 is 0 Å². The Balaban J connectivity index is 0.00000166. The fraction of sp³-hybridized carbons (Fsp3) is 0.200. The first-order valence-corrected chi connectivity index (χ1v) is 11.8. The zero-order valence-electron chi connectivity index (χ0n) is 19.3. The van der Waals surface area contributed by atoms with E-state index in [1.807, 2.05) is 26.0 Å². The largest absolute Gasteiger partial charge is 0.136 e. The zero-order valence-corrected chi connectivity index (χ0v) is 20.1. The summed E-state index contributed by atoms with van der Waals surface area (Å²) < 4.78 is 0. The Bertz CT molecular complexity index is 1050. The summed E-state index contributed by atoms with van der Waals surface area (Å²) in [5, 5.41) is 0. The smallest absolute Gasteiger partial charge is 0.0282 e. The van der Waals surface area contributed by atoms with Crippen LogP contribution in [0.4, 0.5) is 0 Å². The van der Waals surface area contributed by atoms with Gasteiger partial charge in [0, 0.05) is 9.75 Å². The Labute approximate surface area is 193 Å². The molecule has 0 amide bonds. The molecular weight excluding hydrogens is 392 g/mol. The molecular formula is C30H34S. The minimum atomic E-state index is 1.06. The Morgan fingerprint density at radius 2 is 1.77 bits per heavy atom. The zero-order chi connectivity index (χ0) is 22.6. The van der Waals surface area contributed by atoms with E-state index in [0.717, 1.165) is 18.4 Å². The van der Waals surface area contributed by atoms with Crippen LogP contribution in [-0.2, 0) is 0 Å². The summed E-state index contributed by atoms with van der Waals surface area (Å²) in [7, 11) is 0. The van der Waals surface area contributed by atoms with Gasteiger partial charge < -0.3 is 0 Å². The van der Waals surface area contributed by atoms with Crippen molar-refractivity contribution in [2.45, 2.75) is 40.5 Å². The van der Waals surface area contributed by atoms with Crippen molar-refractivity contribution < 1.29 is 0 Å². The van der Waals surface area contributed by atoms with Crippen molar-refractivity contribution in [1.82, 2.24) is 0 Å². The average molecular weight is 427 g/mol. The molecule has 0 saturated carbocycles. The molecule has 0 N–H and O–H groups in total. The maximum Gasteiger partial charge on any atom is 0.0282 e. The number of allylic oxidation sites excluding steroid dienone is 9. The van der Waals surface area contributed by atoms with Gasteiger partial charge in [0.05, 0.1) is 0 Å². The molecule has 1 aliphatic carbocycles. The minimum Gasteiger partial charge on any atom is -0.136 e. The second-order valence-corrected chi connectivity index (χ2v) is 8.40. The van der Waals surface area contributed by atoms with Gasteiger partial charge in [-0.2, -0.15) is 0 Å². The molecule has 1 aromatic carbocycles.